The van der Waals surface area contributed by atoms with Crippen molar-refractivity contribution in [3.63, 3.8) is 0 Å². The zero-order valence-corrected chi connectivity index (χ0v) is 13.1. The number of carbonyl (C=O) groups excluding carboxylic acids is 1. The highest BCUT2D eigenvalue weighted by Gasteiger charge is 2.38. The second-order valence-corrected chi connectivity index (χ2v) is 5.22. The van der Waals surface area contributed by atoms with Gasteiger partial charge in [-0.3, -0.25) is 0 Å². The zero-order valence-electron chi connectivity index (χ0n) is 13.1. The number of halogens is 3. The van der Waals surface area contributed by atoms with Crippen LogP contribution in [-0.2, 0) is 9.53 Å². The van der Waals surface area contributed by atoms with E-state index in [0.29, 0.717) is 6.42 Å². The fourth-order valence-corrected chi connectivity index (χ4v) is 2.13. The molecule has 0 spiro atoms. The van der Waals surface area contributed by atoms with E-state index in [9.17, 15) is 18.0 Å². The highest BCUT2D eigenvalue weighted by molar-refractivity contribution is 5.89. The molecule has 0 aromatic heterocycles. The van der Waals surface area contributed by atoms with Crippen LogP contribution >= 0.6 is 0 Å². The Bertz CT molecular complexity index is 309. The van der Waals surface area contributed by atoms with Gasteiger partial charge in [0.2, 0.25) is 0 Å². The van der Waals surface area contributed by atoms with Crippen molar-refractivity contribution in [3.05, 3.63) is 11.6 Å². The molecule has 0 heterocycles. The highest BCUT2D eigenvalue weighted by Crippen LogP contribution is 2.27. The van der Waals surface area contributed by atoms with Crippen LogP contribution in [0.2, 0.25) is 0 Å². The van der Waals surface area contributed by atoms with Crippen molar-refractivity contribution in [3.8, 4) is 0 Å². The minimum Gasteiger partial charge on any atom is -0.465 e. The monoisotopic (exact) mass is 308 g/mol. The Balaban J connectivity index is 3.80. The van der Waals surface area contributed by atoms with E-state index in [0.717, 1.165) is 32.4 Å². The summed E-state index contributed by atoms with van der Waals surface area (Å²) in [6.07, 6.45) is 6.55. The SMILES string of the molecule is CCCCCCCCCCC/C=C(\C(=O)OC)C(F)(F)F. The summed E-state index contributed by atoms with van der Waals surface area (Å²) in [5.41, 5.74) is -1.19. The molecule has 5 heteroatoms. The molecule has 0 radical (unpaired) electrons. The molecule has 0 saturated heterocycles. The molecule has 0 amide bonds. The molecule has 0 aliphatic carbocycles. The van der Waals surface area contributed by atoms with Gasteiger partial charge in [-0.25, -0.2) is 4.79 Å². The molecule has 0 aromatic carbocycles. The summed E-state index contributed by atoms with van der Waals surface area (Å²) in [6, 6.07) is 0. The van der Waals surface area contributed by atoms with Gasteiger partial charge in [-0.15, -0.1) is 0 Å². The Morgan fingerprint density at radius 1 is 0.952 bits per heavy atom. The van der Waals surface area contributed by atoms with Crippen molar-refractivity contribution in [2.75, 3.05) is 7.11 Å². The van der Waals surface area contributed by atoms with E-state index in [-0.39, 0.29) is 6.42 Å². The molecule has 124 valence electrons. The largest absolute Gasteiger partial charge is 0.465 e. The first-order chi connectivity index (χ1) is 9.93. The van der Waals surface area contributed by atoms with Crippen LogP contribution in [0.3, 0.4) is 0 Å². The first-order valence-electron chi connectivity index (χ1n) is 7.79. The lowest BCUT2D eigenvalue weighted by Crippen LogP contribution is -2.21. The van der Waals surface area contributed by atoms with Crippen LogP contribution in [0.4, 0.5) is 13.2 Å². The standard InChI is InChI=1S/C16H27F3O2/c1-3-4-5-6-7-8-9-10-11-12-13-14(15(20)21-2)16(17,18)19/h13H,3-12H2,1-2H3/b14-13+. The van der Waals surface area contributed by atoms with E-state index in [4.69, 9.17) is 0 Å². The molecule has 0 atom stereocenters. The molecule has 0 fully saturated rings. The average Bonchev–Trinajstić information content (AvgIpc) is 2.42. The molecule has 0 unspecified atom stereocenters. The van der Waals surface area contributed by atoms with Crippen molar-refractivity contribution in [1.82, 2.24) is 0 Å². The maximum Gasteiger partial charge on any atom is 0.423 e. The number of unbranched alkanes of at least 4 members (excludes halogenated alkanes) is 9. The van der Waals surface area contributed by atoms with Crippen LogP contribution in [-0.4, -0.2) is 19.3 Å². The van der Waals surface area contributed by atoms with Crippen molar-refractivity contribution >= 4 is 5.97 Å². The molecule has 0 bridgehead atoms. The van der Waals surface area contributed by atoms with Crippen LogP contribution in [0.1, 0.15) is 71.1 Å². The fourth-order valence-electron chi connectivity index (χ4n) is 2.13. The van der Waals surface area contributed by atoms with Crippen molar-refractivity contribution in [2.45, 2.75) is 77.3 Å². The number of methoxy groups -OCH3 is 1. The van der Waals surface area contributed by atoms with E-state index in [1.807, 2.05) is 0 Å². The van der Waals surface area contributed by atoms with Crippen LogP contribution in [0, 0.1) is 0 Å². The van der Waals surface area contributed by atoms with Gasteiger partial charge in [0.15, 0.2) is 0 Å². The van der Waals surface area contributed by atoms with Gasteiger partial charge in [-0.2, -0.15) is 13.2 Å². The van der Waals surface area contributed by atoms with Gasteiger partial charge in [0.1, 0.15) is 5.57 Å². The number of carbonyl (C=O) groups is 1. The lowest BCUT2D eigenvalue weighted by molar-refractivity contribution is -0.148. The minimum atomic E-state index is -4.63. The molecule has 2 nitrogen and oxygen atoms in total. The number of rotatable bonds is 11. The fraction of sp³-hybridized carbons (Fsp3) is 0.812. The van der Waals surface area contributed by atoms with E-state index >= 15 is 0 Å². The molecule has 0 rings (SSSR count). The predicted molar refractivity (Wildman–Crippen MR) is 78.0 cm³/mol. The Morgan fingerprint density at radius 2 is 1.43 bits per heavy atom. The van der Waals surface area contributed by atoms with Gasteiger partial charge in [0.05, 0.1) is 7.11 Å². The minimum absolute atomic E-state index is 0.264. The lowest BCUT2D eigenvalue weighted by Gasteiger charge is -2.09. The molecule has 0 aromatic rings. The number of alkyl halides is 3. The molecule has 0 saturated carbocycles. The van der Waals surface area contributed by atoms with Crippen LogP contribution in [0.15, 0.2) is 11.6 Å². The normalized spacial score (nSPS) is 12.5. The van der Waals surface area contributed by atoms with Crippen LogP contribution in [0.25, 0.3) is 0 Å². The van der Waals surface area contributed by atoms with E-state index in [1.165, 1.54) is 32.1 Å². The Kier molecular flexibility index (Phi) is 11.1. The maximum atomic E-state index is 12.6. The zero-order chi connectivity index (χ0) is 16.1. The van der Waals surface area contributed by atoms with Crippen molar-refractivity contribution < 1.29 is 22.7 Å². The molecular weight excluding hydrogens is 281 g/mol. The number of allylic oxidation sites excluding steroid dienone is 1. The maximum absolute atomic E-state index is 12.6. The van der Waals surface area contributed by atoms with Gasteiger partial charge in [-0.05, 0) is 12.8 Å². The summed E-state index contributed by atoms with van der Waals surface area (Å²) in [5, 5.41) is 0. The van der Waals surface area contributed by atoms with Gasteiger partial charge < -0.3 is 4.74 Å². The van der Waals surface area contributed by atoms with Crippen molar-refractivity contribution in [1.29, 1.82) is 0 Å². The van der Waals surface area contributed by atoms with Crippen molar-refractivity contribution in [2.24, 2.45) is 0 Å². The Hall–Kier alpha value is -1.00. The summed E-state index contributed by atoms with van der Waals surface area (Å²) in [7, 11) is 0.959. The second kappa shape index (κ2) is 11.6. The average molecular weight is 308 g/mol. The number of hydrogen-bond acceptors (Lipinski definition) is 2. The third-order valence-corrected chi connectivity index (χ3v) is 3.37. The molecule has 0 aliphatic rings. The number of hydrogen-bond donors (Lipinski definition) is 0. The molecule has 21 heavy (non-hydrogen) atoms. The molecular formula is C16H27F3O2. The lowest BCUT2D eigenvalue weighted by atomic mass is 10.1. The quantitative estimate of drug-likeness (QED) is 0.283. The molecule has 0 aliphatic heterocycles. The van der Waals surface area contributed by atoms with E-state index in [2.05, 4.69) is 11.7 Å². The smallest absolute Gasteiger partial charge is 0.423 e. The van der Waals surface area contributed by atoms with Gasteiger partial charge in [0.25, 0.3) is 0 Å². The van der Waals surface area contributed by atoms with Gasteiger partial charge >= 0.3 is 12.1 Å². The summed E-state index contributed by atoms with van der Waals surface area (Å²) >= 11 is 0. The Labute approximate surface area is 125 Å². The highest BCUT2D eigenvalue weighted by atomic mass is 19.4. The number of ether oxygens (including phenoxy) is 1. The van der Waals surface area contributed by atoms with Crippen LogP contribution < -0.4 is 0 Å². The summed E-state index contributed by atoms with van der Waals surface area (Å²) < 4.78 is 41.9. The van der Waals surface area contributed by atoms with E-state index < -0.39 is 17.7 Å². The predicted octanol–water partition coefficient (Wildman–Crippen LogP) is 5.57. The topological polar surface area (TPSA) is 26.3 Å². The van der Waals surface area contributed by atoms with Gasteiger partial charge in [-0.1, -0.05) is 64.4 Å². The third kappa shape index (κ3) is 10.4. The van der Waals surface area contributed by atoms with E-state index in [1.54, 1.807) is 0 Å². The summed E-state index contributed by atoms with van der Waals surface area (Å²) in [6.45, 7) is 2.18. The third-order valence-electron chi connectivity index (χ3n) is 3.37. The number of esters is 1. The summed E-state index contributed by atoms with van der Waals surface area (Å²) in [4.78, 5) is 11.0. The van der Waals surface area contributed by atoms with Gasteiger partial charge in [0, 0.05) is 0 Å². The Morgan fingerprint density at radius 3 is 1.86 bits per heavy atom. The first kappa shape index (κ1) is 20.0. The molecule has 0 N–H and O–H groups in total. The second-order valence-electron chi connectivity index (χ2n) is 5.22. The first-order valence-corrected chi connectivity index (χ1v) is 7.79. The van der Waals surface area contributed by atoms with Crippen LogP contribution in [0.5, 0.6) is 0 Å². The summed E-state index contributed by atoms with van der Waals surface area (Å²) in [5.74, 6) is -1.31.